The SMILES string of the molecule is C=C(C)COc1ccc(CNCc2ccccc2Cl)cc1. The Morgan fingerprint density at radius 3 is 2.48 bits per heavy atom. The molecule has 3 heteroatoms. The zero-order valence-corrected chi connectivity index (χ0v) is 13.0. The second-order valence-electron chi connectivity index (χ2n) is 5.08. The van der Waals surface area contributed by atoms with Crippen LogP contribution in [0.4, 0.5) is 0 Å². The van der Waals surface area contributed by atoms with E-state index in [1.165, 1.54) is 5.56 Å². The van der Waals surface area contributed by atoms with Gasteiger partial charge < -0.3 is 10.1 Å². The Hall–Kier alpha value is -1.77. The monoisotopic (exact) mass is 301 g/mol. The van der Waals surface area contributed by atoms with Crippen LogP contribution < -0.4 is 10.1 Å². The Morgan fingerprint density at radius 1 is 1.10 bits per heavy atom. The molecule has 0 fully saturated rings. The third-order valence-corrected chi connectivity index (χ3v) is 3.38. The van der Waals surface area contributed by atoms with Crippen molar-refractivity contribution in [1.82, 2.24) is 5.32 Å². The summed E-state index contributed by atoms with van der Waals surface area (Å²) < 4.78 is 5.57. The summed E-state index contributed by atoms with van der Waals surface area (Å²) in [6.45, 7) is 7.88. The van der Waals surface area contributed by atoms with Gasteiger partial charge in [-0.2, -0.15) is 0 Å². The van der Waals surface area contributed by atoms with E-state index in [2.05, 4.69) is 24.0 Å². The van der Waals surface area contributed by atoms with E-state index in [1.54, 1.807) is 0 Å². The van der Waals surface area contributed by atoms with Crippen molar-refractivity contribution in [2.75, 3.05) is 6.61 Å². The molecule has 2 aromatic rings. The highest BCUT2D eigenvalue weighted by molar-refractivity contribution is 6.31. The van der Waals surface area contributed by atoms with Crippen molar-refractivity contribution in [3.8, 4) is 5.75 Å². The first-order chi connectivity index (χ1) is 10.1. The van der Waals surface area contributed by atoms with Gasteiger partial charge in [0.15, 0.2) is 0 Å². The summed E-state index contributed by atoms with van der Waals surface area (Å²) in [5, 5.41) is 4.19. The van der Waals surface area contributed by atoms with Crippen molar-refractivity contribution in [2.45, 2.75) is 20.0 Å². The van der Waals surface area contributed by atoms with Crippen LogP contribution in [0.3, 0.4) is 0 Å². The van der Waals surface area contributed by atoms with Gasteiger partial charge in [-0.05, 0) is 41.8 Å². The van der Waals surface area contributed by atoms with Gasteiger partial charge in [-0.25, -0.2) is 0 Å². The Bertz CT molecular complexity index is 592. The number of rotatable bonds is 7. The number of halogens is 1. The second-order valence-corrected chi connectivity index (χ2v) is 5.49. The largest absolute Gasteiger partial charge is 0.489 e. The third kappa shape index (κ3) is 5.25. The summed E-state index contributed by atoms with van der Waals surface area (Å²) in [7, 11) is 0. The van der Waals surface area contributed by atoms with Crippen LogP contribution in [0.1, 0.15) is 18.1 Å². The van der Waals surface area contributed by atoms with Crippen LogP contribution in [0.5, 0.6) is 5.75 Å². The summed E-state index contributed by atoms with van der Waals surface area (Å²) in [5.41, 5.74) is 3.34. The van der Waals surface area contributed by atoms with Crippen LogP contribution in [0, 0.1) is 0 Å². The molecule has 2 nitrogen and oxygen atoms in total. The molecule has 0 amide bonds. The van der Waals surface area contributed by atoms with E-state index in [4.69, 9.17) is 16.3 Å². The van der Waals surface area contributed by atoms with E-state index >= 15 is 0 Å². The molecule has 0 aromatic heterocycles. The Morgan fingerprint density at radius 2 is 1.81 bits per heavy atom. The van der Waals surface area contributed by atoms with Crippen LogP contribution in [-0.4, -0.2) is 6.61 Å². The van der Waals surface area contributed by atoms with Gasteiger partial charge in [0.25, 0.3) is 0 Å². The van der Waals surface area contributed by atoms with Gasteiger partial charge >= 0.3 is 0 Å². The zero-order chi connectivity index (χ0) is 15.1. The lowest BCUT2D eigenvalue weighted by Crippen LogP contribution is -2.12. The van der Waals surface area contributed by atoms with Crippen LogP contribution in [-0.2, 0) is 13.1 Å². The van der Waals surface area contributed by atoms with E-state index in [0.717, 1.165) is 35.0 Å². The minimum Gasteiger partial charge on any atom is -0.489 e. The van der Waals surface area contributed by atoms with Crippen LogP contribution in [0.2, 0.25) is 5.02 Å². The van der Waals surface area contributed by atoms with Crippen LogP contribution in [0.25, 0.3) is 0 Å². The number of nitrogens with one attached hydrogen (secondary N) is 1. The maximum atomic E-state index is 6.12. The summed E-state index contributed by atoms with van der Waals surface area (Å²) in [6.07, 6.45) is 0. The number of hydrogen-bond donors (Lipinski definition) is 1. The molecule has 1 N–H and O–H groups in total. The molecule has 2 aromatic carbocycles. The summed E-state index contributed by atoms with van der Waals surface area (Å²) >= 11 is 6.12. The van der Waals surface area contributed by atoms with Gasteiger partial charge in [-0.15, -0.1) is 0 Å². The molecular weight excluding hydrogens is 282 g/mol. The molecule has 0 atom stereocenters. The molecule has 110 valence electrons. The lowest BCUT2D eigenvalue weighted by Gasteiger charge is -2.09. The molecule has 0 radical (unpaired) electrons. The van der Waals surface area contributed by atoms with Gasteiger partial charge in [-0.1, -0.05) is 48.5 Å². The average Bonchev–Trinajstić information content (AvgIpc) is 2.48. The standard InChI is InChI=1S/C18H20ClNO/c1-14(2)13-21-17-9-7-15(8-10-17)11-20-12-16-5-3-4-6-18(16)19/h3-10,20H,1,11-13H2,2H3. The van der Waals surface area contributed by atoms with E-state index in [9.17, 15) is 0 Å². The first-order valence-electron chi connectivity index (χ1n) is 6.95. The lowest BCUT2D eigenvalue weighted by molar-refractivity contribution is 0.352. The fourth-order valence-corrected chi connectivity index (χ4v) is 2.10. The van der Waals surface area contributed by atoms with Gasteiger partial charge in [-0.3, -0.25) is 0 Å². The molecule has 2 rings (SSSR count). The highest BCUT2D eigenvalue weighted by Gasteiger charge is 1.99. The van der Waals surface area contributed by atoms with Crippen molar-refractivity contribution in [2.24, 2.45) is 0 Å². The molecule has 0 saturated heterocycles. The van der Waals surface area contributed by atoms with Crippen molar-refractivity contribution in [3.05, 3.63) is 76.8 Å². The fourth-order valence-electron chi connectivity index (χ4n) is 1.89. The van der Waals surface area contributed by atoms with Crippen molar-refractivity contribution >= 4 is 11.6 Å². The summed E-state index contributed by atoms with van der Waals surface area (Å²) in [4.78, 5) is 0. The fraction of sp³-hybridized carbons (Fsp3) is 0.222. The predicted molar refractivity (Wildman–Crippen MR) is 88.7 cm³/mol. The first kappa shape index (κ1) is 15.6. The van der Waals surface area contributed by atoms with E-state index in [0.29, 0.717) is 6.61 Å². The van der Waals surface area contributed by atoms with Crippen molar-refractivity contribution in [1.29, 1.82) is 0 Å². The summed E-state index contributed by atoms with van der Waals surface area (Å²) in [5.74, 6) is 0.868. The van der Waals surface area contributed by atoms with Crippen molar-refractivity contribution < 1.29 is 4.74 Å². The average molecular weight is 302 g/mol. The molecule has 0 aliphatic heterocycles. The van der Waals surface area contributed by atoms with Gasteiger partial charge in [0, 0.05) is 18.1 Å². The highest BCUT2D eigenvalue weighted by Crippen LogP contribution is 2.15. The minimum absolute atomic E-state index is 0.560. The normalized spacial score (nSPS) is 10.4. The number of benzene rings is 2. The Kier molecular flexibility index (Phi) is 5.85. The van der Waals surface area contributed by atoms with E-state index in [-0.39, 0.29) is 0 Å². The maximum absolute atomic E-state index is 6.12. The highest BCUT2D eigenvalue weighted by atomic mass is 35.5. The van der Waals surface area contributed by atoms with E-state index < -0.39 is 0 Å². The molecule has 0 spiro atoms. The van der Waals surface area contributed by atoms with Crippen LogP contribution >= 0.6 is 11.6 Å². The van der Waals surface area contributed by atoms with Crippen LogP contribution in [0.15, 0.2) is 60.7 Å². The number of ether oxygens (including phenoxy) is 1. The molecule has 21 heavy (non-hydrogen) atoms. The lowest BCUT2D eigenvalue weighted by atomic mass is 10.2. The predicted octanol–water partition coefficient (Wildman–Crippen LogP) is 4.58. The van der Waals surface area contributed by atoms with Gasteiger partial charge in [0.1, 0.15) is 12.4 Å². The topological polar surface area (TPSA) is 21.3 Å². The third-order valence-electron chi connectivity index (χ3n) is 3.01. The van der Waals surface area contributed by atoms with Gasteiger partial charge in [0.2, 0.25) is 0 Å². The Balaban J connectivity index is 1.81. The molecule has 0 saturated carbocycles. The zero-order valence-electron chi connectivity index (χ0n) is 12.2. The number of hydrogen-bond acceptors (Lipinski definition) is 2. The quantitative estimate of drug-likeness (QED) is 0.756. The second kappa shape index (κ2) is 7.87. The van der Waals surface area contributed by atoms with Gasteiger partial charge in [0.05, 0.1) is 0 Å². The molecule has 0 aliphatic rings. The Labute approximate surface area is 131 Å². The van der Waals surface area contributed by atoms with Crippen molar-refractivity contribution in [3.63, 3.8) is 0 Å². The van der Waals surface area contributed by atoms with E-state index in [1.807, 2.05) is 43.3 Å². The molecule has 0 unspecified atom stereocenters. The minimum atomic E-state index is 0.560. The molecule has 0 aliphatic carbocycles. The maximum Gasteiger partial charge on any atom is 0.119 e. The molecular formula is C18H20ClNO. The molecule has 0 bridgehead atoms. The smallest absolute Gasteiger partial charge is 0.119 e. The first-order valence-corrected chi connectivity index (χ1v) is 7.33. The summed E-state index contributed by atoms with van der Waals surface area (Å²) in [6, 6.07) is 16.0. The molecule has 0 heterocycles.